The number of benzene rings is 3. The highest BCUT2D eigenvalue weighted by molar-refractivity contribution is 6.22. The number of amides is 1. The van der Waals surface area contributed by atoms with Gasteiger partial charge in [-0.3, -0.25) is 4.79 Å². The van der Waals surface area contributed by atoms with E-state index in [0.717, 1.165) is 36.8 Å². The highest BCUT2D eigenvalue weighted by Gasteiger charge is 2.20. The molecule has 0 radical (unpaired) electrons. The van der Waals surface area contributed by atoms with Crippen LogP contribution in [-0.4, -0.2) is 17.9 Å². The van der Waals surface area contributed by atoms with Gasteiger partial charge in [0.15, 0.2) is 0 Å². The maximum atomic E-state index is 13.2. The maximum Gasteiger partial charge on any atom is 0.349 e. The Kier molecular flexibility index (Phi) is 7.26. The average molecular weight is 494 g/mol. The van der Waals surface area contributed by atoms with Crippen molar-refractivity contribution < 1.29 is 18.7 Å². The Morgan fingerprint density at radius 1 is 0.865 bits per heavy atom. The van der Waals surface area contributed by atoms with E-state index < -0.39 is 17.5 Å². The topological polar surface area (TPSA) is 85.6 Å². The molecule has 0 spiro atoms. The van der Waals surface area contributed by atoms with E-state index in [-0.39, 0.29) is 22.9 Å². The summed E-state index contributed by atoms with van der Waals surface area (Å²) in [5.41, 5.74) is 1.46. The summed E-state index contributed by atoms with van der Waals surface area (Å²) in [6.45, 7) is 0. The molecule has 37 heavy (non-hydrogen) atoms. The Hall–Kier alpha value is -4.45. The number of ether oxygens (including phenoxy) is 1. The molecule has 0 atom stereocenters. The molecule has 0 bridgehead atoms. The summed E-state index contributed by atoms with van der Waals surface area (Å²) in [7, 11) is 0. The quantitative estimate of drug-likeness (QED) is 0.117. The Morgan fingerprint density at radius 2 is 1.57 bits per heavy atom. The van der Waals surface area contributed by atoms with E-state index in [9.17, 15) is 14.4 Å². The second-order valence-electron chi connectivity index (χ2n) is 9.18. The smallest absolute Gasteiger partial charge is 0.349 e. The predicted molar refractivity (Wildman–Crippen MR) is 143 cm³/mol. The average Bonchev–Trinajstić information content (AvgIpc) is 2.93. The highest BCUT2D eigenvalue weighted by atomic mass is 16.5. The minimum atomic E-state index is -0.724. The van der Waals surface area contributed by atoms with Gasteiger partial charge in [0.1, 0.15) is 16.9 Å². The first-order valence-electron chi connectivity index (χ1n) is 12.5. The van der Waals surface area contributed by atoms with Crippen LogP contribution in [0.1, 0.15) is 53.6 Å². The summed E-state index contributed by atoms with van der Waals surface area (Å²) in [4.78, 5) is 38.5. The Bertz CT molecular complexity index is 1500. The molecule has 4 aromatic rings. The molecule has 1 fully saturated rings. The van der Waals surface area contributed by atoms with Crippen LogP contribution in [0.5, 0.6) is 5.75 Å². The molecule has 0 unspecified atom stereocenters. The zero-order valence-corrected chi connectivity index (χ0v) is 20.3. The summed E-state index contributed by atoms with van der Waals surface area (Å²) in [6.07, 6.45) is 6.94. The van der Waals surface area contributed by atoms with Crippen LogP contribution >= 0.6 is 0 Å². The Labute approximate surface area is 214 Å². The zero-order valence-electron chi connectivity index (χ0n) is 20.3. The molecule has 5 rings (SSSR count). The minimum absolute atomic E-state index is 0.0278. The summed E-state index contributed by atoms with van der Waals surface area (Å²) < 4.78 is 11.1. The normalized spacial score (nSPS) is 14.3. The number of hydrogen-bond acceptors (Lipinski definition) is 5. The van der Waals surface area contributed by atoms with Crippen molar-refractivity contribution in [3.8, 4) is 5.75 Å². The van der Waals surface area contributed by atoms with Gasteiger partial charge >= 0.3 is 11.6 Å². The lowest BCUT2D eigenvalue weighted by Crippen LogP contribution is -2.38. The molecular formula is C31H27NO5. The van der Waals surface area contributed by atoms with Crippen LogP contribution in [0.3, 0.4) is 0 Å². The first-order chi connectivity index (χ1) is 18.1. The number of nitrogens with one attached hydrogen (secondary N) is 1. The van der Waals surface area contributed by atoms with Crippen LogP contribution in [0.25, 0.3) is 22.6 Å². The third-order valence-corrected chi connectivity index (χ3v) is 6.52. The molecule has 6 heteroatoms. The Balaban J connectivity index is 1.39. The van der Waals surface area contributed by atoms with Gasteiger partial charge in [0.25, 0.3) is 5.91 Å². The molecule has 1 aliphatic rings. The van der Waals surface area contributed by atoms with Crippen molar-refractivity contribution in [1.82, 2.24) is 5.32 Å². The van der Waals surface area contributed by atoms with Crippen LogP contribution in [0.4, 0.5) is 0 Å². The van der Waals surface area contributed by atoms with E-state index in [1.165, 1.54) is 18.6 Å². The van der Waals surface area contributed by atoms with Crippen LogP contribution in [0.2, 0.25) is 0 Å². The van der Waals surface area contributed by atoms with Crippen molar-refractivity contribution in [3.05, 3.63) is 112 Å². The van der Waals surface area contributed by atoms with Gasteiger partial charge in [0, 0.05) is 17.5 Å². The van der Waals surface area contributed by atoms with E-state index in [2.05, 4.69) is 5.32 Å². The SMILES string of the molecule is O=C(Oc1ccc2cc(C(=O)NC3CCCCC3)c(=O)oc2c1)/C(=C/c1ccccc1)c1ccccc1. The summed E-state index contributed by atoms with van der Waals surface area (Å²) in [5, 5.41) is 3.52. The predicted octanol–water partition coefficient (Wildman–Crippen LogP) is 6.00. The summed E-state index contributed by atoms with van der Waals surface area (Å²) in [6, 6.07) is 25.2. The van der Waals surface area contributed by atoms with E-state index in [4.69, 9.17) is 9.15 Å². The van der Waals surface area contributed by atoms with Crippen molar-refractivity contribution in [2.45, 2.75) is 38.1 Å². The molecular weight excluding hydrogens is 466 g/mol. The van der Waals surface area contributed by atoms with Crippen LogP contribution < -0.4 is 15.7 Å². The lowest BCUT2D eigenvalue weighted by atomic mass is 9.95. The molecule has 186 valence electrons. The number of hydrogen-bond donors (Lipinski definition) is 1. The first-order valence-corrected chi connectivity index (χ1v) is 12.5. The third-order valence-electron chi connectivity index (χ3n) is 6.52. The fraction of sp³-hybridized carbons (Fsp3) is 0.194. The first kappa shape index (κ1) is 24.3. The molecule has 1 aromatic heterocycles. The van der Waals surface area contributed by atoms with Gasteiger partial charge < -0.3 is 14.5 Å². The lowest BCUT2D eigenvalue weighted by Gasteiger charge is -2.22. The molecule has 1 aliphatic carbocycles. The van der Waals surface area contributed by atoms with Gasteiger partial charge in [0.2, 0.25) is 0 Å². The van der Waals surface area contributed by atoms with Crippen LogP contribution in [0, 0.1) is 0 Å². The fourth-order valence-corrected chi connectivity index (χ4v) is 4.58. The van der Waals surface area contributed by atoms with E-state index >= 15 is 0 Å². The third kappa shape index (κ3) is 5.86. The second kappa shape index (κ2) is 11.1. The molecule has 6 nitrogen and oxygen atoms in total. The van der Waals surface area contributed by atoms with E-state index in [1.54, 1.807) is 18.2 Å². The molecule has 1 amide bonds. The van der Waals surface area contributed by atoms with E-state index in [1.807, 2.05) is 60.7 Å². The largest absolute Gasteiger partial charge is 0.423 e. The van der Waals surface area contributed by atoms with Crippen molar-refractivity contribution in [3.63, 3.8) is 0 Å². The van der Waals surface area contributed by atoms with E-state index in [0.29, 0.717) is 11.0 Å². The molecule has 1 N–H and O–H groups in total. The van der Waals surface area contributed by atoms with Crippen LogP contribution in [0.15, 0.2) is 94.1 Å². The molecule has 1 heterocycles. The van der Waals surface area contributed by atoms with Crippen LogP contribution in [-0.2, 0) is 4.79 Å². The van der Waals surface area contributed by atoms with Crippen molar-refractivity contribution in [1.29, 1.82) is 0 Å². The van der Waals surface area contributed by atoms with Crippen molar-refractivity contribution in [2.24, 2.45) is 0 Å². The number of carbonyl (C=O) groups is 2. The number of esters is 1. The maximum absolute atomic E-state index is 13.2. The van der Waals surface area contributed by atoms with Gasteiger partial charge in [-0.15, -0.1) is 0 Å². The van der Waals surface area contributed by atoms with Gasteiger partial charge in [0.05, 0.1) is 5.57 Å². The summed E-state index contributed by atoms with van der Waals surface area (Å²) in [5.74, 6) is -0.730. The zero-order chi connectivity index (χ0) is 25.6. The molecule has 0 aliphatic heterocycles. The lowest BCUT2D eigenvalue weighted by molar-refractivity contribution is -0.127. The molecule has 0 saturated heterocycles. The van der Waals surface area contributed by atoms with Gasteiger partial charge in [-0.2, -0.15) is 0 Å². The number of fused-ring (bicyclic) bond motifs is 1. The molecule has 1 saturated carbocycles. The fourth-order valence-electron chi connectivity index (χ4n) is 4.58. The second-order valence-corrected chi connectivity index (χ2v) is 9.18. The van der Waals surface area contributed by atoms with Crippen molar-refractivity contribution in [2.75, 3.05) is 0 Å². The Morgan fingerprint density at radius 3 is 2.30 bits per heavy atom. The highest BCUT2D eigenvalue weighted by Crippen LogP contribution is 2.25. The van der Waals surface area contributed by atoms with Crippen molar-refractivity contribution >= 4 is 34.5 Å². The van der Waals surface area contributed by atoms with Gasteiger partial charge in [-0.25, -0.2) is 9.59 Å². The monoisotopic (exact) mass is 493 g/mol. The van der Waals surface area contributed by atoms with Gasteiger partial charge in [-0.05, 0) is 48.2 Å². The standard InChI is InChI=1S/C31H27NO5/c33-29(32-24-14-8-3-9-15-24)27-19-23-16-17-25(20-28(23)37-31(27)35)36-30(34)26(22-12-6-2-7-13-22)18-21-10-4-1-5-11-21/h1-2,4-7,10-13,16-20,24H,3,8-9,14-15H2,(H,32,33)/b26-18+. The number of carbonyl (C=O) groups excluding carboxylic acids is 2. The van der Waals surface area contributed by atoms with Gasteiger partial charge in [-0.1, -0.05) is 79.9 Å². The summed E-state index contributed by atoms with van der Waals surface area (Å²) >= 11 is 0. The number of rotatable bonds is 6. The molecule has 3 aromatic carbocycles. The minimum Gasteiger partial charge on any atom is -0.423 e.